The Morgan fingerprint density at radius 1 is 1.00 bits per heavy atom. The zero-order valence-electron chi connectivity index (χ0n) is 20.2. The minimum absolute atomic E-state index is 0.149. The van der Waals surface area contributed by atoms with Gasteiger partial charge < -0.3 is 5.32 Å². The van der Waals surface area contributed by atoms with Gasteiger partial charge in [-0.05, 0) is 38.0 Å². The van der Waals surface area contributed by atoms with Crippen molar-refractivity contribution in [3.05, 3.63) is 64.1 Å². The minimum Gasteiger partial charge on any atom is -0.324 e. The summed E-state index contributed by atoms with van der Waals surface area (Å²) in [6.45, 7) is 6.47. The predicted octanol–water partition coefficient (Wildman–Crippen LogP) is 5.44. The molecule has 2 aromatic rings. The second kappa shape index (κ2) is 10.7. The molecule has 4 rings (SSSR count). The van der Waals surface area contributed by atoms with Gasteiger partial charge in [0.15, 0.2) is 0 Å². The van der Waals surface area contributed by atoms with E-state index in [1.54, 1.807) is 11.0 Å². The van der Waals surface area contributed by atoms with Crippen LogP contribution in [0.3, 0.4) is 0 Å². The Balaban J connectivity index is 1.57. The van der Waals surface area contributed by atoms with Crippen LogP contribution in [0.2, 0.25) is 0 Å². The molecule has 182 valence electrons. The highest BCUT2D eigenvalue weighted by atomic mass is 32.2. The number of carbonyl (C=O) groups is 3. The SMILES string of the molecule is CCCCCCN1C(=O)C(=C2C(=O)N(CC(=O)Nc3ccc(C)cc3C)c3ccccc32)SC1=S. The van der Waals surface area contributed by atoms with Gasteiger partial charge >= 0.3 is 0 Å². The van der Waals surface area contributed by atoms with E-state index < -0.39 is 0 Å². The monoisotopic (exact) mass is 507 g/mol. The number of nitrogens with zero attached hydrogens (tertiary/aromatic N) is 2. The lowest BCUT2D eigenvalue weighted by atomic mass is 10.1. The summed E-state index contributed by atoms with van der Waals surface area (Å²) in [7, 11) is 0. The maximum Gasteiger partial charge on any atom is 0.267 e. The number of nitrogens with one attached hydrogen (secondary N) is 1. The molecule has 0 unspecified atom stereocenters. The number of thioether (sulfide) groups is 1. The van der Waals surface area contributed by atoms with E-state index in [1.807, 2.05) is 50.2 Å². The van der Waals surface area contributed by atoms with Crippen molar-refractivity contribution in [3.8, 4) is 0 Å². The molecule has 35 heavy (non-hydrogen) atoms. The molecular weight excluding hydrogens is 478 g/mol. The quantitative estimate of drug-likeness (QED) is 0.293. The molecule has 2 aromatic carbocycles. The van der Waals surface area contributed by atoms with Gasteiger partial charge in [0, 0.05) is 17.8 Å². The first-order chi connectivity index (χ1) is 16.8. The van der Waals surface area contributed by atoms with Crippen LogP contribution in [0.4, 0.5) is 11.4 Å². The van der Waals surface area contributed by atoms with Crippen LogP contribution in [0.15, 0.2) is 47.4 Å². The van der Waals surface area contributed by atoms with Crippen molar-refractivity contribution in [2.45, 2.75) is 46.5 Å². The van der Waals surface area contributed by atoms with E-state index in [0.717, 1.165) is 36.8 Å². The van der Waals surface area contributed by atoms with E-state index >= 15 is 0 Å². The van der Waals surface area contributed by atoms with Crippen molar-refractivity contribution < 1.29 is 14.4 Å². The summed E-state index contributed by atoms with van der Waals surface area (Å²) in [5, 5.41) is 2.91. The zero-order chi connectivity index (χ0) is 25.1. The first-order valence-electron chi connectivity index (χ1n) is 11.9. The third kappa shape index (κ3) is 5.18. The largest absolute Gasteiger partial charge is 0.324 e. The van der Waals surface area contributed by atoms with Crippen LogP contribution < -0.4 is 10.2 Å². The molecule has 0 atom stereocenters. The second-order valence-electron chi connectivity index (χ2n) is 8.86. The maximum atomic E-state index is 13.6. The number of carbonyl (C=O) groups excluding carboxylic acids is 3. The number of para-hydroxylation sites is 1. The molecule has 0 spiro atoms. The summed E-state index contributed by atoms with van der Waals surface area (Å²) in [4.78, 5) is 43.1. The first-order valence-corrected chi connectivity index (χ1v) is 13.1. The summed E-state index contributed by atoms with van der Waals surface area (Å²) < 4.78 is 0.477. The number of aryl methyl sites for hydroxylation is 2. The highest BCUT2D eigenvalue weighted by molar-refractivity contribution is 8.26. The van der Waals surface area contributed by atoms with E-state index in [0.29, 0.717) is 38.3 Å². The van der Waals surface area contributed by atoms with Crippen molar-refractivity contribution in [2.75, 3.05) is 23.3 Å². The van der Waals surface area contributed by atoms with Crippen LogP contribution in [0.5, 0.6) is 0 Å². The Morgan fingerprint density at radius 3 is 2.51 bits per heavy atom. The third-order valence-corrected chi connectivity index (χ3v) is 7.64. The smallest absolute Gasteiger partial charge is 0.267 e. The van der Waals surface area contributed by atoms with Crippen LogP contribution in [-0.4, -0.2) is 40.0 Å². The van der Waals surface area contributed by atoms with Crippen molar-refractivity contribution >= 4 is 63.0 Å². The number of fused-ring (bicyclic) bond motifs is 1. The molecule has 2 heterocycles. The second-order valence-corrected chi connectivity index (χ2v) is 10.5. The van der Waals surface area contributed by atoms with Crippen molar-refractivity contribution in [3.63, 3.8) is 0 Å². The summed E-state index contributed by atoms with van der Waals surface area (Å²) in [5.74, 6) is -0.880. The maximum absolute atomic E-state index is 13.6. The summed E-state index contributed by atoms with van der Waals surface area (Å²) in [5.41, 5.74) is 4.38. The van der Waals surface area contributed by atoms with Crippen LogP contribution in [0.25, 0.3) is 5.57 Å². The Bertz CT molecular complexity index is 1240. The van der Waals surface area contributed by atoms with Crippen LogP contribution in [0.1, 0.15) is 49.3 Å². The Hall–Kier alpha value is -2.97. The molecule has 3 amide bonds. The lowest BCUT2D eigenvalue weighted by molar-refractivity contribution is -0.122. The highest BCUT2D eigenvalue weighted by Gasteiger charge is 2.42. The van der Waals surface area contributed by atoms with E-state index in [-0.39, 0.29) is 24.3 Å². The average Bonchev–Trinajstić information content (AvgIpc) is 3.25. The standard InChI is InChI=1S/C27H29N3O3S2/c1-4-5-6-9-14-29-26(33)24(35-27(29)34)23-19-10-7-8-11-21(19)30(25(23)32)16-22(31)28-20-13-12-17(2)15-18(20)3/h7-8,10-13,15H,4-6,9,14,16H2,1-3H3,(H,28,31). The van der Waals surface area contributed by atoms with Gasteiger partial charge in [-0.3, -0.25) is 24.2 Å². The van der Waals surface area contributed by atoms with Crippen molar-refractivity contribution in [1.29, 1.82) is 0 Å². The number of hydrogen-bond donors (Lipinski definition) is 1. The van der Waals surface area contributed by atoms with E-state index in [2.05, 4.69) is 12.2 Å². The van der Waals surface area contributed by atoms with E-state index in [9.17, 15) is 14.4 Å². The summed E-state index contributed by atoms with van der Waals surface area (Å²) in [6, 6.07) is 13.1. The molecule has 0 bridgehead atoms. The van der Waals surface area contributed by atoms with Gasteiger partial charge in [0.1, 0.15) is 10.9 Å². The third-order valence-electron chi connectivity index (χ3n) is 6.19. The predicted molar refractivity (Wildman–Crippen MR) is 146 cm³/mol. The molecule has 1 N–H and O–H groups in total. The lowest BCUT2D eigenvalue weighted by Gasteiger charge is -2.17. The molecule has 0 radical (unpaired) electrons. The highest BCUT2D eigenvalue weighted by Crippen LogP contribution is 2.44. The summed E-state index contributed by atoms with van der Waals surface area (Å²) >= 11 is 6.66. The number of amides is 3. The Morgan fingerprint density at radius 2 is 1.77 bits per heavy atom. The van der Waals surface area contributed by atoms with E-state index in [4.69, 9.17) is 12.2 Å². The number of unbranched alkanes of at least 4 members (excludes halogenated alkanes) is 3. The van der Waals surface area contributed by atoms with Gasteiger partial charge in [-0.25, -0.2) is 0 Å². The number of rotatable bonds is 8. The van der Waals surface area contributed by atoms with Gasteiger partial charge in [-0.15, -0.1) is 0 Å². The van der Waals surface area contributed by atoms with Crippen LogP contribution in [0, 0.1) is 13.8 Å². The van der Waals surface area contributed by atoms with Gasteiger partial charge in [-0.2, -0.15) is 0 Å². The molecule has 0 aliphatic carbocycles. The molecule has 0 aromatic heterocycles. The molecule has 1 saturated heterocycles. The fraction of sp³-hybridized carbons (Fsp3) is 0.333. The Kier molecular flexibility index (Phi) is 7.72. The van der Waals surface area contributed by atoms with Crippen LogP contribution >= 0.6 is 24.0 Å². The van der Waals surface area contributed by atoms with Gasteiger partial charge in [0.25, 0.3) is 11.8 Å². The first kappa shape index (κ1) is 25.1. The lowest BCUT2D eigenvalue weighted by Crippen LogP contribution is -2.35. The van der Waals surface area contributed by atoms with Crippen molar-refractivity contribution in [1.82, 2.24) is 4.90 Å². The van der Waals surface area contributed by atoms with Gasteiger partial charge in [-0.1, -0.05) is 86.1 Å². The van der Waals surface area contributed by atoms with E-state index in [1.165, 1.54) is 16.7 Å². The number of anilines is 2. The van der Waals surface area contributed by atoms with Gasteiger partial charge in [0.05, 0.1) is 16.2 Å². The van der Waals surface area contributed by atoms with Crippen molar-refractivity contribution in [2.24, 2.45) is 0 Å². The van der Waals surface area contributed by atoms with Crippen LogP contribution in [-0.2, 0) is 14.4 Å². The Labute approximate surface area is 215 Å². The number of benzene rings is 2. The molecule has 1 fully saturated rings. The topological polar surface area (TPSA) is 69.7 Å². The molecule has 6 nitrogen and oxygen atoms in total. The van der Waals surface area contributed by atoms with Gasteiger partial charge in [0.2, 0.25) is 5.91 Å². The normalized spacial score (nSPS) is 17.4. The molecule has 0 saturated carbocycles. The molecule has 2 aliphatic heterocycles. The molecule has 2 aliphatic rings. The number of hydrogen-bond acceptors (Lipinski definition) is 5. The minimum atomic E-state index is -0.353. The molecule has 8 heteroatoms. The fourth-order valence-electron chi connectivity index (χ4n) is 4.38. The summed E-state index contributed by atoms with van der Waals surface area (Å²) in [6.07, 6.45) is 4.13. The molecular formula is C27H29N3O3S2. The fourth-order valence-corrected chi connectivity index (χ4v) is 5.76. The number of thiocarbonyl (C=S) groups is 1. The zero-order valence-corrected chi connectivity index (χ0v) is 21.9. The average molecular weight is 508 g/mol.